The summed E-state index contributed by atoms with van der Waals surface area (Å²) in [5.74, 6) is -0.0537. The van der Waals surface area contributed by atoms with Crippen LogP contribution in [0.4, 0.5) is 9.80 Å². The molecule has 1 aliphatic heterocycles. The average Bonchev–Trinajstić information content (AvgIpc) is 3.00. The van der Waals surface area contributed by atoms with Crippen molar-refractivity contribution in [1.82, 2.24) is 20.0 Å². The zero-order valence-electron chi connectivity index (χ0n) is 18.3. The quantitative estimate of drug-likeness (QED) is 0.728. The number of fused-ring (bicyclic) bond motifs is 2. The van der Waals surface area contributed by atoms with Gasteiger partial charge in [-0.1, -0.05) is 0 Å². The van der Waals surface area contributed by atoms with Crippen LogP contribution in [0.1, 0.15) is 29.3 Å². The second-order valence-electron chi connectivity index (χ2n) is 8.58. The molecule has 30 heavy (non-hydrogen) atoms. The number of urea groups is 1. The van der Waals surface area contributed by atoms with E-state index in [-0.39, 0.29) is 23.8 Å². The molecule has 1 aromatic rings. The number of nitriles is 1. The van der Waals surface area contributed by atoms with Crippen molar-refractivity contribution in [3.63, 3.8) is 0 Å². The number of nitrogen functional groups attached to an aromatic ring is 1. The number of anilines is 1. The molecule has 1 fully saturated rings. The fraction of sp³-hybridized carbons (Fsp3) is 0.667. The highest BCUT2D eigenvalue weighted by molar-refractivity contribution is 7.16. The highest BCUT2D eigenvalue weighted by Gasteiger charge is 2.42. The molecule has 1 aliphatic carbocycles. The maximum Gasteiger partial charge on any atom is 0.324 e. The van der Waals surface area contributed by atoms with Crippen LogP contribution in [-0.4, -0.2) is 80.0 Å². The number of carbonyl (C=O) groups excluding carboxylic acids is 2. The number of amides is 3. The van der Waals surface area contributed by atoms with Crippen molar-refractivity contribution in [2.75, 3.05) is 53.1 Å². The lowest BCUT2D eigenvalue weighted by molar-refractivity contribution is -0.135. The first-order valence-corrected chi connectivity index (χ1v) is 11.3. The Bertz CT molecular complexity index is 845. The first kappa shape index (κ1) is 22.5. The van der Waals surface area contributed by atoms with Crippen LogP contribution in [0.5, 0.6) is 0 Å². The molecule has 1 saturated heterocycles. The van der Waals surface area contributed by atoms with Crippen LogP contribution in [0.3, 0.4) is 0 Å². The van der Waals surface area contributed by atoms with Gasteiger partial charge in [0.1, 0.15) is 11.1 Å². The normalized spacial score (nSPS) is 23.4. The van der Waals surface area contributed by atoms with Crippen LogP contribution in [0, 0.1) is 23.2 Å². The first-order chi connectivity index (χ1) is 14.3. The second-order valence-corrected chi connectivity index (χ2v) is 9.72. The summed E-state index contributed by atoms with van der Waals surface area (Å²) in [6, 6.07) is 2.27. The van der Waals surface area contributed by atoms with Gasteiger partial charge in [-0.15, -0.1) is 11.3 Å². The molecule has 0 saturated carbocycles. The lowest BCUT2D eigenvalue weighted by atomic mass is 9.74. The van der Waals surface area contributed by atoms with Gasteiger partial charge in [-0.2, -0.15) is 5.26 Å². The lowest BCUT2D eigenvalue weighted by Gasteiger charge is -2.45. The number of hydrogen-bond donors (Lipinski definition) is 2. The van der Waals surface area contributed by atoms with Gasteiger partial charge in [-0.25, -0.2) is 4.79 Å². The number of piperidine rings is 1. The Morgan fingerprint density at radius 3 is 2.73 bits per heavy atom. The summed E-state index contributed by atoms with van der Waals surface area (Å²) in [4.78, 5) is 32.6. The van der Waals surface area contributed by atoms with Crippen LogP contribution in [0.2, 0.25) is 0 Å². The smallest absolute Gasteiger partial charge is 0.324 e. The summed E-state index contributed by atoms with van der Waals surface area (Å²) in [5, 5.41) is 12.9. The predicted octanol–water partition coefficient (Wildman–Crippen LogP) is 1.36. The summed E-state index contributed by atoms with van der Waals surface area (Å²) in [5.41, 5.74) is 7.73. The minimum atomic E-state index is -0.322. The Kier molecular flexibility index (Phi) is 7.01. The predicted molar refractivity (Wildman–Crippen MR) is 118 cm³/mol. The molecule has 3 N–H and O–H groups in total. The number of imide groups is 1. The molecule has 8 nitrogen and oxygen atoms in total. The summed E-state index contributed by atoms with van der Waals surface area (Å²) in [7, 11) is 5.94. The van der Waals surface area contributed by atoms with Gasteiger partial charge in [-0.3, -0.25) is 9.69 Å². The molecule has 0 aromatic carbocycles. The van der Waals surface area contributed by atoms with Gasteiger partial charge in [-0.05, 0) is 58.8 Å². The molecule has 0 radical (unpaired) electrons. The van der Waals surface area contributed by atoms with E-state index in [4.69, 9.17) is 5.73 Å². The molecule has 3 amide bonds. The number of nitrogens with zero attached hydrogens (tertiary/aromatic N) is 4. The molecule has 0 spiro atoms. The molecule has 0 bridgehead atoms. The number of thiophene rings is 1. The summed E-state index contributed by atoms with van der Waals surface area (Å²) >= 11 is 1.53. The third kappa shape index (κ3) is 4.46. The van der Waals surface area contributed by atoms with Gasteiger partial charge in [0.15, 0.2) is 0 Å². The number of rotatable bonds is 5. The van der Waals surface area contributed by atoms with Gasteiger partial charge in [0.25, 0.3) is 0 Å². The van der Waals surface area contributed by atoms with Crippen LogP contribution < -0.4 is 11.1 Å². The molecular formula is C21H32N6O2S. The van der Waals surface area contributed by atoms with E-state index in [9.17, 15) is 14.9 Å². The zero-order valence-corrected chi connectivity index (χ0v) is 19.1. The second kappa shape index (κ2) is 9.33. The van der Waals surface area contributed by atoms with Crippen LogP contribution in [0.15, 0.2) is 0 Å². The van der Waals surface area contributed by atoms with Crippen molar-refractivity contribution < 1.29 is 9.59 Å². The summed E-state index contributed by atoms with van der Waals surface area (Å²) < 4.78 is 0. The number of carbonyl (C=O) groups is 2. The monoisotopic (exact) mass is 432 g/mol. The van der Waals surface area contributed by atoms with Gasteiger partial charge in [0, 0.05) is 37.1 Å². The molecular weight excluding hydrogens is 400 g/mol. The van der Waals surface area contributed by atoms with E-state index in [0.29, 0.717) is 36.2 Å². The van der Waals surface area contributed by atoms with Crippen molar-refractivity contribution in [1.29, 1.82) is 5.26 Å². The molecule has 2 heterocycles. The Morgan fingerprint density at radius 1 is 1.37 bits per heavy atom. The van der Waals surface area contributed by atoms with E-state index in [0.717, 1.165) is 31.4 Å². The van der Waals surface area contributed by atoms with Crippen LogP contribution in [-0.2, 0) is 17.6 Å². The molecule has 3 rings (SSSR count). The van der Waals surface area contributed by atoms with Crippen molar-refractivity contribution in [2.24, 2.45) is 11.8 Å². The Balaban J connectivity index is 1.70. The minimum Gasteiger partial charge on any atom is -0.389 e. The highest BCUT2D eigenvalue weighted by atomic mass is 32.1. The number of hydrogen-bond acceptors (Lipinski definition) is 7. The number of likely N-dealkylation sites (tertiary alicyclic amines) is 1. The first-order valence-electron chi connectivity index (χ1n) is 10.5. The lowest BCUT2D eigenvalue weighted by Crippen LogP contribution is -2.55. The molecule has 2 aliphatic rings. The Labute approximate surface area is 182 Å². The maximum atomic E-state index is 13.2. The fourth-order valence-electron chi connectivity index (χ4n) is 4.75. The Morgan fingerprint density at radius 2 is 2.10 bits per heavy atom. The van der Waals surface area contributed by atoms with E-state index in [1.54, 1.807) is 0 Å². The van der Waals surface area contributed by atoms with E-state index >= 15 is 0 Å². The van der Waals surface area contributed by atoms with Gasteiger partial charge < -0.3 is 20.9 Å². The van der Waals surface area contributed by atoms with Crippen molar-refractivity contribution in [3.8, 4) is 6.07 Å². The number of nitrogens with one attached hydrogen (secondary N) is 1. The van der Waals surface area contributed by atoms with E-state index in [1.165, 1.54) is 21.1 Å². The molecule has 3 atom stereocenters. The summed E-state index contributed by atoms with van der Waals surface area (Å²) in [6.07, 6.45) is 2.37. The van der Waals surface area contributed by atoms with Crippen LogP contribution in [0.25, 0.3) is 0 Å². The van der Waals surface area contributed by atoms with E-state index in [1.807, 2.05) is 25.9 Å². The number of nitrogens with two attached hydrogens (primary N) is 1. The molecule has 0 unspecified atom stereocenters. The van der Waals surface area contributed by atoms with Crippen molar-refractivity contribution >= 4 is 28.3 Å². The SMILES string of the molecule is CCN(C(=O)NCCN(C)C)C(=O)[C@@H]1C[C@@H]2Cc3c(sc(N)c3C#N)C[C@H]2N(C)C1. The third-order valence-corrected chi connectivity index (χ3v) is 7.39. The largest absolute Gasteiger partial charge is 0.389 e. The minimum absolute atomic E-state index is 0.110. The third-order valence-electron chi connectivity index (χ3n) is 6.31. The summed E-state index contributed by atoms with van der Waals surface area (Å²) in [6.45, 7) is 4.05. The zero-order chi connectivity index (χ0) is 22.0. The fourth-order valence-corrected chi connectivity index (χ4v) is 5.85. The van der Waals surface area contributed by atoms with Gasteiger partial charge >= 0.3 is 6.03 Å². The Hall–Kier alpha value is -2.15. The van der Waals surface area contributed by atoms with Crippen molar-refractivity contribution in [3.05, 3.63) is 16.0 Å². The van der Waals surface area contributed by atoms with Crippen molar-refractivity contribution in [2.45, 2.75) is 32.2 Å². The van der Waals surface area contributed by atoms with Gasteiger partial charge in [0.05, 0.1) is 11.5 Å². The number of likely N-dealkylation sites (N-methyl/N-ethyl adjacent to an activating group) is 2. The highest BCUT2D eigenvalue weighted by Crippen LogP contribution is 2.42. The molecule has 9 heteroatoms. The van der Waals surface area contributed by atoms with Gasteiger partial charge in [0.2, 0.25) is 5.91 Å². The average molecular weight is 433 g/mol. The van der Waals surface area contributed by atoms with E-state index in [2.05, 4.69) is 23.3 Å². The maximum absolute atomic E-state index is 13.2. The molecule has 1 aromatic heterocycles. The topological polar surface area (TPSA) is 106 Å². The molecule has 164 valence electrons. The van der Waals surface area contributed by atoms with Crippen LogP contribution >= 0.6 is 11.3 Å². The van der Waals surface area contributed by atoms with E-state index < -0.39 is 0 Å². The standard InChI is InChI=1S/C21H32N6O2S/c1-5-27(21(29)24-6-7-25(2)3)20(28)14-8-13-9-15-16(11-22)19(23)30-18(15)10-17(13)26(4)12-14/h13-14,17H,5-10,12,23H2,1-4H3,(H,24,29)/t13-,14-,17-/m1/s1.